The Morgan fingerprint density at radius 1 is 1.02 bits per heavy atom. The lowest BCUT2D eigenvalue weighted by atomic mass is 9.79. The van der Waals surface area contributed by atoms with Crippen LogP contribution in [0.4, 0.5) is 10.5 Å². The summed E-state index contributed by atoms with van der Waals surface area (Å²) in [7, 11) is -3.08. The van der Waals surface area contributed by atoms with Crippen LogP contribution < -0.4 is 14.4 Å². The topological polar surface area (TPSA) is 145 Å². The first-order valence-corrected chi connectivity index (χ1v) is 17.8. The highest BCUT2D eigenvalue weighted by molar-refractivity contribution is 7.93. The number of fused-ring (bicyclic) bond motifs is 1. The van der Waals surface area contributed by atoms with Gasteiger partial charge in [0, 0.05) is 24.8 Å². The van der Waals surface area contributed by atoms with Crippen LogP contribution in [0.2, 0.25) is 0 Å². The number of piperidine rings is 2. The van der Waals surface area contributed by atoms with E-state index in [1.54, 1.807) is 35.2 Å². The molecule has 7 rings (SSSR count). The monoisotopic (exact) mass is 670 g/mol. The maximum Gasteiger partial charge on any atom is 0.321 e. The Hall–Kier alpha value is -4.51. The normalized spacial score (nSPS) is 22.1. The molecule has 3 saturated heterocycles. The number of nitriles is 1. The minimum absolute atomic E-state index is 0.0522. The van der Waals surface area contributed by atoms with Gasteiger partial charge in [-0.1, -0.05) is 18.2 Å². The SMILES string of the molecule is COc1ncccc1[C@]1(N(C(=O)N2CCC(C3CCNCC3)CC2)C2COC2)C(=O)N(S(=O)(=O)c2ccccc2)c2ccc(C#N)cc21. The number of likely N-dealkylation sites (tertiary alicyclic amines) is 1. The summed E-state index contributed by atoms with van der Waals surface area (Å²) in [5.74, 6) is 0.283. The summed E-state index contributed by atoms with van der Waals surface area (Å²) in [4.78, 5) is 38.1. The third-order valence-corrected chi connectivity index (χ3v) is 12.0. The van der Waals surface area contributed by atoms with Crippen LogP contribution in [0, 0.1) is 23.2 Å². The molecular weight excluding hydrogens is 632 g/mol. The maximum atomic E-state index is 15.4. The molecule has 3 amide bonds. The van der Waals surface area contributed by atoms with E-state index in [9.17, 15) is 13.7 Å². The second-order valence-corrected chi connectivity index (χ2v) is 14.5. The standard InChI is InChI=1S/C35H38N6O6S/c1-46-32-29(8-5-15-38-32)35(40(27-22-47-23-27)34(43)39-18-13-26(14-19-39)25-11-16-37-17-12-25)30-20-24(21-36)9-10-31(30)41(33(35)42)48(44,45)28-6-3-2-4-7-28/h2-10,15,20,25-27,37H,11-14,16-19,22-23H2,1H3/t35-/m1/s1. The molecule has 0 aliphatic carbocycles. The number of methoxy groups -OCH3 is 1. The number of amides is 3. The number of carbonyl (C=O) groups excluding carboxylic acids is 2. The Balaban J connectivity index is 1.41. The third-order valence-electron chi connectivity index (χ3n) is 10.3. The van der Waals surface area contributed by atoms with Gasteiger partial charge in [0.25, 0.3) is 15.9 Å². The number of nitrogens with zero attached hydrogens (tertiary/aromatic N) is 5. The van der Waals surface area contributed by atoms with Gasteiger partial charge in [-0.05, 0) is 93.1 Å². The van der Waals surface area contributed by atoms with E-state index < -0.39 is 33.5 Å². The molecule has 0 saturated carbocycles. The summed E-state index contributed by atoms with van der Waals surface area (Å²) in [5.41, 5.74) is -1.42. The highest BCUT2D eigenvalue weighted by Gasteiger charge is 2.64. The van der Waals surface area contributed by atoms with Crippen molar-refractivity contribution in [1.29, 1.82) is 5.26 Å². The van der Waals surface area contributed by atoms with Crippen molar-refractivity contribution in [2.75, 3.05) is 50.8 Å². The van der Waals surface area contributed by atoms with Crippen molar-refractivity contribution in [3.05, 3.63) is 83.6 Å². The molecule has 250 valence electrons. The summed E-state index contributed by atoms with van der Waals surface area (Å²) < 4.78 is 40.9. The van der Waals surface area contributed by atoms with Crippen molar-refractivity contribution in [3.63, 3.8) is 0 Å². The molecule has 5 heterocycles. The number of hydrogen-bond acceptors (Lipinski definition) is 9. The van der Waals surface area contributed by atoms with E-state index in [4.69, 9.17) is 9.47 Å². The Morgan fingerprint density at radius 2 is 1.73 bits per heavy atom. The van der Waals surface area contributed by atoms with Gasteiger partial charge in [0.1, 0.15) is 0 Å². The average Bonchev–Trinajstić information content (AvgIpc) is 3.38. The fourth-order valence-electron chi connectivity index (χ4n) is 7.81. The first kappa shape index (κ1) is 32.1. The summed E-state index contributed by atoms with van der Waals surface area (Å²) in [6, 6.07) is 16.5. The second-order valence-electron chi connectivity index (χ2n) is 12.8. The van der Waals surface area contributed by atoms with Gasteiger partial charge in [-0.25, -0.2) is 18.2 Å². The minimum atomic E-state index is -4.49. The van der Waals surface area contributed by atoms with Crippen molar-refractivity contribution in [2.45, 2.75) is 42.2 Å². The second kappa shape index (κ2) is 12.8. The quantitative estimate of drug-likeness (QED) is 0.400. The minimum Gasteiger partial charge on any atom is -0.481 e. The Morgan fingerprint density at radius 3 is 2.38 bits per heavy atom. The van der Waals surface area contributed by atoms with Gasteiger partial charge < -0.3 is 19.7 Å². The molecular formula is C35H38N6O6S. The predicted molar refractivity (Wildman–Crippen MR) is 176 cm³/mol. The number of urea groups is 1. The average molecular weight is 671 g/mol. The molecule has 1 N–H and O–H groups in total. The lowest BCUT2D eigenvalue weighted by Crippen LogP contribution is -2.67. The zero-order valence-electron chi connectivity index (χ0n) is 26.7. The number of pyridine rings is 1. The molecule has 1 aromatic heterocycles. The largest absolute Gasteiger partial charge is 0.481 e. The molecule has 3 fully saturated rings. The zero-order valence-corrected chi connectivity index (χ0v) is 27.6. The fraction of sp³-hybridized carbons (Fsp3) is 0.429. The van der Waals surface area contributed by atoms with Crippen LogP contribution in [0.3, 0.4) is 0 Å². The summed E-state index contributed by atoms with van der Waals surface area (Å²) in [6.07, 6.45) is 5.42. The van der Waals surface area contributed by atoms with E-state index in [1.165, 1.54) is 48.5 Å². The van der Waals surface area contributed by atoms with Gasteiger partial charge in [0.05, 0.1) is 54.1 Å². The van der Waals surface area contributed by atoms with Gasteiger partial charge in [-0.3, -0.25) is 9.69 Å². The van der Waals surface area contributed by atoms with Crippen LogP contribution in [-0.4, -0.2) is 87.7 Å². The van der Waals surface area contributed by atoms with Crippen LogP contribution in [0.1, 0.15) is 42.4 Å². The molecule has 12 nitrogen and oxygen atoms in total. The molecule has 0 unspecified atom stereocenters. The van der Waals surface area contributed by atoms with Crippen molar-refractivity contribution < 1.29 is 27.5 Å². The number of rotatable bonds is 7. The van der Waals surface area contributed by atoms with E-state index in [0.717, 1.165) is 43.1 Å². The third kappa shape index (κ3) is 5.10. The number of carbonyl (C=O) groups is 2. The number of hydrogen-bond donors (Lipinski definition) is 1. The molecule has 0 spiro atoms. The Bertz CT molecular complexity index is 1850. The Labute approximate surface area is 280 Å². The van der Waals surface area contributed by atoms with Gasteiger partial charge in [0.15, 0.2) is 5.54 Å². The van der Waals surface area contributed by atoms with Crippen LogP contribution >= 0.6 is 0 Å². The van der Waals surface area contributed by atoms with E-state index in [0.29, 0.717) is 24.9 Å². The van der Waals surface area contributed by atoms with E-state index in [1.807, 2.05) is 0 Å². The number of anilines is 1. The Kier molecular flexibility index (Phi) is 8.57. The molecule has 2 aromatic carbocycles. The van der Waals surface area contributed by atoms with Crippen molar-refractivity contribution >= 4 is 27.6 Å². The van der Waals surface area contributed by atoms with Gasteiger partial charge in [0.2, 0.25) is 5.88 Å². The summed E-state index contributed by atoms with van der Waals surface area (Å²) in [6.45, 7) is 3.31. The molecule has 48 heavy (non-hydrogen) atoms. The number of benzene rings is 2. The zero-order chi connectivity index (χ0) is 33.5. The van der Waals surface area contributed by atoms with E-state index in [-0.39, 0.29) is 46.4 Å². The lowest BCUT2D eigenvalue weighted by molar-refractivity contribution is -0.134. The summed E-state index contributed by atoms with van der Waals surface area (Å²) in [5, 5.41) is 13.4. The number of sulfonamides is 1. The number of aromatic nitrogens is 1. The van der Waals surface area contributed by atoms with Crippen LogP contribution in [0.5, 0.6) is 5.88 Å². The van der Waals surface area contributed by atoms with Crippen molar-refractivity contribution in [1.82, 2.24) is 20.1 Å². The van der Waals surface area contributed by atoms with Gasteiger partial charge >= 0.3 is 6.03 Å². The number of nitrogens with one attached hydrogen (secondary N) is 1. The maximum absolute atomic E-state index is 15.4. The van der Waals surface area contributed by atoms with E-state index >= 15 is 9.59 Å². The van der Waals surface area contributed by atoms with Crippen molar-refractivity contribution in [3.8, 4) is 11.9 Å². The van der Waals surface area contributed by atoms with Gasteiger partial charge in [-0.15, -0.1) is 0 Å². The van der Waals surface area contributed by atoms with E-state index in [2.05, 4.69) is 16.4 Å². The van der Waals surface area contributed by atoms with Crippen LogP contribution in [0.25, 0.3) is 0 Å². The molecule has 4 aliphatic rings. The molecule has 13 heteroatoms. The predicted octanol–water partition coefficient (Wildman–Crippen LogP) is 3.47. The first-order valence-electron chi connectivity index (χ1n) is 16.4. The molecule has 0 bridgehead atoms. The first-order chi connectivity index (χ1) is 23.3. The number of ether oxygens (including phenoxy) is 2. The van der Waals surface area contributed by atoms with Gasteiger partial charge in [-0.2, -0.15) is 9.57 Å². The smallest absolute Gasteiger partial charge is 0.321 e. The molecule has 0 radical (unpaired) electrons. The fourth-order valence-corrected chi connectivity index (χ4v) is 9.29. The van der Waals surface area contributed by atoms with Crippen LogP contribution in [-0.2, 0) is 25.1 Å². The van der Waals surface area contributed by atoms with Crippen LogP contribution in [0.15, 0.2) is 71.8 Å². The molecule has 1 atom stereocenters. The highest BCUT2D eigenvalue weighted by atomic mass is 32.2. The highest BCUT2D eigenvalue weighted by Crippen LogP contribution is 2.54. The summed E-state index contributed by atoms with van der Waals surface area (Å²) >= 11 is 0. The van der Waals surface area contributed by atoms with Crippen molar-refractivity contribution in [2.24, 2.45) is 11.8 Å². The molecule has 4 aliphatic heterocycles. The molecule has 3 aromatic rings. The lowest BCUT2D eigenvalue weighted by Gasteiger charge is -2.50.